The fourth-order valence-electron chi connectivity index (χ4n) is 3.49. The lowest BCUT2D eigenvalue weighted by atomic mass is 10.1. The second-order valence-electron chi connectivity index (χ2n) is 6.77. The van der Waals surface area contributed by atoms with E-state index in [0.29, 0.717) is 0 Å². The Bertz CT molecular complexity index is 469. The molecular weight excluding hydrogens is 310 g/mol. The zero-order valence-electron chi connectivity index (χ0n) is 14.3. The van der Waals surface area contributed by atoms with Gasteiger partial charge < -0.3 is 10.1 Å². The highest BCUT2D eigenvalue weighted by Crippen LogP contribution is 2.18. The standard InChI is InChI=1S/C18H29N3O.ClH/c1-15(2)22-18-5-3-4-16(12-18)14-20-8-10-21(11-9-20)17-6-7-19-13-17;/h3-5,12,15,17,19H,6-11,13-14H2,1-2H3;1H. The van der Waals surface area contributed by atoms with Crippen molar-refractivity contribution in [3.63, 3.8) is 0 Å². The number of hydrogen-bond acceptors (Lipinski definition) is 4. The molecule has 0 amide bonds. The van der Waals surface area contributed by atoms with Crippen LogP contribution in [0.15, 0.2) is 24.3 Å². The minimum absolute atomic E-state index is 0. The summed E-state index contributed by atoms with van der Waals surface area (Å²) in [4.78, 5) is 5.22. The molecule has 23 heavy (non-hydrogen) atoms. The van der Waals surface area contributed by atoms with E-state index in [4.69, 9.17) is 4.74 Å². The van der Waals surface area contributed by atoms with Gasteiger partial charge in [-0.2, -0.15) is 0 Å². The summed E-state index contributed by atoms with van der Waals surface area (Å²) in [5.41, 5.74) is 1.36. The first kappa shape index (κ1) is 18.5. The third kappa shape index (κ3) is 5.35. The summed E-state index contributed by atoms with van der Waals surface area (Å²) in [6, 6.07) is 9.32. The minimum atomic E-state index is 0. The number of nitrogens with zero attached hydrogens (tertiary/aromatic N) is 2. The fourth-order valence-corrected chi connectivity index (χ4v) is 3.49. The number of hydrogen-bond donors (Lipinski definition) is 1. The van der Waals surface area contributed by atoms with E-state index in [1.807, 2.05) is 0 Å². The largest absolute Gasteiger partial charge is 0.491 e. The molecule has 2 fully saturated rings. The maximum Gasteiger partial charge on any atom is 0.120 e. The van der Waals surface area contributed by atoms with Crippen molar-refractivity contribution in [1.29, 1.82) is 0 Å². The Morgan fingerprint density at radius 2 is 2.00 bits per heavy atom. The molecule has 1 atom stereocenters. The van der Waals surface area contributed by atoms with Gasteiger partial charge >= 0.3 is 0 Å². The summed E-state index contributed by atoms with van der Waals surface area (Å²) < 4.78 is 5.79. The molecule has 0 aliphatic carbocycles. The molecule has 1 aromatic carbocycles. The zero-order valence-corrected chi connectivity index (χ0v) is 15.1. The monoisotopic (exact) mass is 339 g/mol. The van der Waals surface area contributed by atoms with Crippen molar-refractivity contribution < 1.29 is 4.74 Å². The van der Waals surface area contributed by atoms with Crippen molar-refractivity contribution in [1.82, 2.24) is 15.1 Å². The molecule has 2 aliphatic rings. The van der Waals surface area contributed by atoms with Crippen LogP contribution in [0.25, 0.3) is 0 Å². The maximum atomic E-state index is 5.79. The molecule has 0 spiro atoms. The fraction of sp³-hybridized carbons (Fsp3) is 0.667. The Labute approximate surface area is 146 Å². The molecule has 1 N–H and O–H groups in total. The third-order valence-corrected chi connectivity index (χ3v) is 4.63. The number of ether oxygens (including phenoxy) is 1. The number of benzene rings is 1. The number of rotatable bonds is 5. The van der Waals surface area contributed by atoms with Crippen molar-refractivity contribution in [2.45, 2.75) is 39.0 Å². The highest BCUT2D eigenvalue weighted by atomic mass is 35.5. The highest BCUT2D eigenvalue weighted by Gasteiger charge is 2.25. The topological polar surface area (TPSA) is 27.7 Å². The molecule has 4 nitrogen and oxygen atoms in total. The van der Waals surface area contributed by atoms with Crippen LogP contribution in [0.2, 0.25) is 0 Å². The predicted octanol–water partition coefficient (Wildman–Crippen LogP) is 2.38. The summed E-state index contributed by atoms with van der Waals surface area (Å²) in [6.45, 7) is 12.3. The van der Waals surface area contributed by atoms with Gasteiger partial charge in [-0.15, -0.1) is 12.4 Å². The van der Waals surface area contributed by atoms with Gasteiger partial charge in [0.05, 0.1) is 6.10 Å². The number of halogens is 1. The predicted molar refractivity (Wildman–Crippen MR) is 97.6 cm³/mol. The van der Waals surface area contributed by atoms with Crippen molar-refractivity contribution in [3.8, 4) is 5.75 Å². The summed E-state index contributed by atoms with van der Waals surface area (Å²) in [5.74, 6) is 0.989. The quantitative estimate of drug-likeness (QED) is 0.891. The van der Waals surface area contributed by atoms with Crippen molar-refractivity contribution in [2.24, 2.45) is 0 Å². The van der Waals surface area contributed by atoms with E-state index >= 15 is 0 Å². The van der Waals surface area contributed by atoms with Gasteiger partial charge in [0.15, 0.2) is 0 Å². The second kappa shape index (κ2) is 8.88. The first-order valence-corrected chi connectivity index (χ1v) is 8.63. The van der Waals surface area contributed by atoms with Gasteiger partial charge in [-0.1, -0.05) is 12.1 Å². The van der Waals surface area contributed by atoms with Crippen molar-refractivity contribution in [2.75, 3.05) is 39.3 Å². The van der Waals surface area contributed by atoms with Gasteiger partial charge in [0.2, 0.25) is 0 Å². The molecule has 0 saturated carbocycles. The lowest BCUT2D eigenvalue weighted by Gasteiger charge is -2.37. The first-order chi connectivity index (χ1) is 10.7. The Morgan fingerprint density at radius 1 is 1.22 bits per heavy atom. The molecule has 5 heteroatoms. The lowest BCUT2D eigenvalue weighted by molar-refractivity contribution is 0.0980. The first-order valence-electron chi connectivity index (χ1n) is 8.63. The molecule has 3 rings (SSSR count). The van der Waals surface area contributed by atoms with E-state index in [1.165, 1.54) is 51.3 Å². The van der Waals surface area contributed by atoms with Gasteiger partial charge in [0, 0.05) is 45.3 Å². The smallest absolute Gasteiger partial charge is 0.120 e. The Balaban J connectivity index is 0.00000192. The van der Waals surface area contributed by atoms with Crippen LogP contribution in [0.1, 0.15) is 25.8 Å². The van der Waals surface area contributed by atoms with Crippen LogP contribution in [0.5, 0.6) is 5.75 Å². The van der Waals surface area contributed by atoms with E-state index in [-0.39, 0.29) is 18.5 Å². The van der Waals surface area contributed by atoms with E-state index in [0.717, 1.165) is 18.3 Å². The van der Waals surface area contributed by atoms with Gasteiger partial charge in [0.25, 0.3) is 0 Å². The SMILES string of the molecule is CC(C)Oc1cccc(CN2CCN(C3CCNC3)CC2)c1.Cl. The molecule has 130 valence electrons. The Kier molecular flexibility index (Phi) is 7.15. The van der Waals surface area contributed by atoms with E-state index in [2.05, 4.69) is 53.2 Å². The van der Waals surface area contributed by atoms with Crippen LogP contribution in [0, 0.1) is 0 Å². The van der Waals surface area contributed by atoms with Crippen molar-refractivity contribution in [3.05, 3.63) is 29.8 Å². The number of piperazine rings is 1. The molecule has 1 aromatic rings. The summed E-state index contributed by atoms with van der Waals surface area (Å²) >= 11 is 0. The van der Waals surface area contributed by atoms with Crippen LogP contribution in [-0.2, 0) is 6.54 Å². The summed E-state index contributed by atoms with van der Waals surface area (Å²) in [6.07, 6.45) is 1.55. The van der Waals surface area contributed by atoms with Gasteiger partial charge in [0.1, 0.15) is 5.75 Å². The normalized spacial score (nSPS) is 23.0. The highest BCUT2D eigenvalue weighted by molar-refractivity contribution is 5.85. The summed E-state index contributed by atoms with van der Waals surface area (Å²) in [5, 5.41) is 3.47. The number of nitrogens with one attached hydrogen (secondary N) is 1. The van der Waals surface area contributed by atoms with E-state index in [9.17, 15) is 0 Å². The van der Waals surface area contributed by atoms with Crippen LogP contribution < -0.4 is 10.1 Å². The van der Waals surface area contributed by atoms with Crippen LogP contribution >= 0.6 is 12.4 Å². The lowest BCUT2D eigenvalue weighted by Crippen LogP contribution is -2.50. The van der Waals surface area contributed by atoms with Crippen LogP contribution in [0.4, 0.5) is 0 Å². The average molecular weight is 340 g/mol. The van der Waals surface area contributed by atoms with Gasteiger partial charge in [-0.25, -0.2) is 0 Å². The zero-order chi connectivity index (χ0) is 15.4. The second-order valence-corrected chi connectivity index (χ2v) is 6.77. The molecule has 1 unspecified atom stereocenters. The van der Waals surface area contributed by atoms with E-state index < -0.39 is 0 Å². The van der Waals surface area contributed by atoms with Gasteiger partial charge in [-0.05, 0) is 44.5 Å². The maximum absolute atomic E-state index is 5.79. The van der Waals surface area contributed by atoms with Crippen molar-refractivity contribution >= 4 is 12.4 Å². The minimum Gasteiger partial charge on any atom is -0.491 e. The molecule has 0 aromatic heterocycles. The Morgan fingerprint density at radius 3 is 2.65 bits per heavy atom. The van der Waals surface area contributed by atoms with Gasteiger partial charge in [-0.3, -0.25) is 9.80 Å². The molecule has 2 heterocycles. The molecular formula is C18H30ClN3O. The molecule has 0 radical (unpaired) electrons. The molecule has 2 aliphatic heterocycles. The average Bonchev–Trinajstić information content (AvgIpc) is 3.02. The Hall–Kier alpha value is -0.810. The van der Waals surface area contributed by atoms with Crippen LogP contribution in [0.3, 0.4) is 0 Å². The summed E-state index contributed by atoms with van der Waals surface area (Å²) in [7, 11) is 0. The molecule has 2 saturated heterocycles. The van der Waals surface area contributed by atoms with E-state index in [1.54, 1.807) is 0 Å². The van der Waals surface area contributed by atoms with Crippen LogP contribution in [-0.4, -0.2) is 61.2 Å². The molecule has 0 bridgehead atoms. The third-order valence-electron chi connectivity index (χ3n) is 4.63.